The minimum absolute atomic E-state index is 0.433. The highest BCUT2D eigenvalue weighted by molar-refractivity contribution is 7.99. The maximum Gasteiger partial charge on any atom is 0.0555 e. The van der Waals surface area contributed by atoms with Crippen molar-refractivity contribution in [3.8, 4) is 11.8 Å². The molecule has 4 heteroatoms. The van der Waals surface area contributed by atoms with Crippen molar-refractivity contribution in [2.75, 3.05) is 19.8 Å². The first-order valence-electron chi connectivity index (χ1n) is 5.85. The second kappa shape index (κ2) is 7.07. The van der Waals surface area contributed by atoms with Gasteiger partial charge in [0.05, 0.1) is 6.54 Å². The van der Waals surface area contributed by atoms with E-state index < -0.39 is 0 Å². The van der Waals surface area contributed by atoms with Gasteiger partial charge in [0.15, 0.2) is 0 Å². The molecule has 92 valence electrons. The molecule has 0 saturated carbocycles. The van der Waals surface area contributed by atoms with Crippen LogP contribution in [0.1, 0.15) is 23.3 Å². The van der Waals surface area contributed by atoms with Crippen LogP contribution in [0.3, 0.4) is 0 Å². The lowest BCUT2D eigenvalue weighted by atomic mass is 10.2. The predicted molar refractivity (Wildman–Crippen MR) is 75.4 cm³/mol. The second-order valence-corrected chi connectivity index (χ2v) is 6.18. The van der Waals surface area contributed by atoms with Gasteiger partial charge in [-0.3, -0.25) is 0 Å². The van der Waals surface area contributed by atoms with E-state index in [0.29, 0.717) is 6.54 Å². The molecule has 0 unspecified atom stereocenters. The molecule has 2 rings (SSSR count). The van der Waals surface area contributed by atoms with Crippen molar-refractivity contribution in [1.29, 1.82) is 0 Å². The molecule has 1 aromatic rings. The lowest BCUT2D eigenvalue weighted by Gasteiger charge is -2.21. The molecule has 0 aromatic carbocycles. The van der Waals surface area contributed by atoms with Gasteiger partial charge in [0.1, 0.15) is 0 Å². The molecule has 1 aliphatic rings. The van der Waals surface area contributed by atoms with Gasteiger partial charge in [-0.2, -0.15) is 11.8 Å². The van der Waals surface area contributed by atoms with Crippen molar-refractivity contribution in [2.45, 2.75) is 23.8 Å². The number of hydrogen-bond donors (Lipinski definition) is 1. The zero-order valence-electron chi connectivity index (χ0n) is 9.78. The largest absolute Gasteiger partial charge is 0.381 e. The van der Waals surface area contributed by atoms with Crippen LogP contribution in [0.2, 0.25) is 0 Å². The highest BCUT2D eigenvalue weighted by Gasteiger charge is 2.14. The van der Waals surface area contributed by atoms with E-state index in [1.165, 1.54) is 17.7 Å². The third-order valence-corrected chi connectivity index (χ3v) is 5.19. The van der Waals surface area contributed by atoms with Gasteiger partial charge in [0.2, 0.25) is 0 Å². The van der Waals surface area contributed by atoms with Gasteiger partial charge in [-0.25, -0.2) is 0 Å². The number of hydrogen-bond acceptors (Lipinski definition) is 4. The van der Waals surface area contributed by atoms with Crippen molar-refractivity contribution in [3.05, 3.63) is 21.9 Å². The summed E-state index contributed by atoms with van der Waals surface area (Å²) in [4.78, 5) is 1.38. The van der Waals surface area contributed by atoms with Crippen LogP contribution in [0.4, 0.5) is 0 Å². The third-order valence-electron chi connectivity index (χ3n) is 2.69. The molecule has 0 bridgehead atoms. The Morgan fingerprint density at radius 2 is 2.29 bits per heavy atom. The van der Waals surface area contributed by atoms with Gasteiger partial charge >= 0.3 is 0 Å². The fourth-order valence-corrected chi connectivity index (χ4v) is 3.91. The molecule has 2 nitrogen and oxygen atoms in total. The monoisotopic (exact) mass is 267 g/mol. The lowest BCUT2D eigenvalue weighted by molar-refractivity contribution is 0.1000. The van der Waals surface area contributed by atoms with E-state index in [0.717, 1.165) is 29.8 Å². The van der Waals surface area contributed by atoms with E-state index in [1.54, 1.807) is 11.3 Å². The van der Waals surface area contributed by atoms with Gasteiger partial charge in [-0.15, -0.1) is 11.3 Å². The molecule has 2 heterocycles. The maximum atomic E-state index is 5.40. The molecule has 17 heavy (non-hydrogen) atoms. The van der Waals surface area contributed by atoms with Gasteiger partial charge in [-0.1, -0.05) is 11.8 Å². The van der Waals surface area contributed by atoms with Gasteiger partial charge in [0, 0.05) is 34.7 Å². The second-order valence-electron chi connectivity index (χ2n) is 3.89. The fraction of sp³-hybridized carbons (Fsp3) is 0.538. The highest BCUT2D eigenvalue weighted by atomic mass is 32.2. The SMILES string of the molecule is NCC#Cc1ccsc1CSC1CCOCC1. The summed E-state index contributed by atoms with van der Waals surface area (Å²) < 4.78 is 5.37. The molecule has 0 aliphatic carbocycles. The highest BCUT2D eigenvalue weighted by Crippen LogP contribution is 2.29. The van der Waals surface area contributed by atoms with Crippen LogP contribution < -0.4 is 5.73 Å². The Morgan fingerprint density at radius 3 is 3.06 bits per heavy atom. The van der Waals surface area contributed by atoms with Crippen molar-refractivity contribution < 1.29 is 4.74 Å². The standard InChI is InChI=1S/C13H17NOS2/c14-6-1-2-11-5-9-16-13(11)10-17-12-3-7-15-8-4-12/h5,9,12H,3-4,6-8,10,14H2. The van der Waals surface area contributed by atoms with Crippen LogP contribution in [0, 0.1) is 11.8 Å². The number of thiophene rings is 1. The van der Waals surface area contributed by atoms with E-state index in [4.69, 9.17) is 10.5 Å². The average molecular weight is 267 g/mol. The minimum Gasteiger partial charge on any atom is -0.381 e. The Bertz CT molecular complexity index is 399. The van der Waals surface area contributed by atoms with Crippen molar-refractivity contribution in [1.82, 2.24) is 0 Å². The molecule has 0 atom stereocenters. The van der Waals surface area contributed by atoms with Gasteiger partial charge < -0.3 is 10.5 Å². The number of thioether (sulfide) groups is 1. The summed E-state index contributed by atoms with van der Waals surface area (Å²) in [5.41, 5.74) is 6.55. The first-order valence-corrected chi connectivity index (χ1v) is 7.77. The molecular weight excluding hydrogens is 250 g/mol. The van der Waals surface area contributed by atoms with E-state index in [1.807, 2.05) is 11.8 Å². The van der Waals surface area contributed by atoms with Crippen LogP contribution >= 0.6 is 23.1 Å². The van der Waals surface area contributed by atoms with Crippen LogP contribution in [0.5, 0.6) is 0 Å². The lowest BCUT2D eigenvalue weighted by Crippen LogP contribution is -2.17. The Morgan fingerprint density at radius 1 is 1.47 bits per heavy atom. The fourth-order valence-electron chi connectivity index (χ4n) is 1.75. The van der Waals surface area contributed by atoms with E-state index in [9.17, 15) is 0 Å². The normalized spacial score (nSPS) is 16.5. The first kappa shape index (κ1) is 13.0. The molecule has 1 aliphatic heterocycles. The van der Waals surface area contributed by atoms with Gasteiger partial charge in [0.25, 0.3) is 0 Å². The number of rotatable bonds is 3. The van der Waals surface area contributed by atoms with Crippen molar-refractivity contribution in [3.63, 3.8) is 0 Å². The topological polar surface area (TPSA) is 35.2 Å². The average Bonchev–Trinajstić information content (AvgIpc) is 2.82. The first-order chi connectivity index (χ1) is 8.40. The van der Waals surface area contributed by atoms with Crippen LogP contribution in [-0.4, -0.2) is 25.0 Å². The number of ether oxygens (including phenoxy) is 1. The van der Waals surface area contributed by atoms with Crippen LogP contribution in [-0.2, 0) is 10.5 Å². The van der Waals surface area contributed by atoms with E-state index >= 15 is 0 Å². The third kappa shape index (κ3) is 4.04. The smallest absolute Gasteiger partial charge is 0.0555 e. The minimum atomic E-state index is 0.433. The summed E-state index contributed by atoms with van der Waals surface area (Å²) in [5.74, 6) is 7.13. The zero-order valence-corrected chi connectivity index (χ0v) is 11.4. The molecule has 2 N–H and O–H groups in total. The summed E-state index contributed by atoms with van der Waals surface area (Å²) in [6, 6.07) is 2.09. The Kier molecular flexibility index (Phi) is 5.40. The van der Waals surface area contributed by atoms with Gasteiger partial charge in [-0.05, 0) is 24.3 Å². The summed E-state index contributed by atoms with van der Waals surface area (Å²) in [5, 5.41) is 2.86. The number of nitrogens with two attached hydrogens (primary N) is 1. The Labute approximate surface area is 111 Å². The van der Waals surface area contributed by atoms with E-state index in [-0.39, 0.29) is 0 Å². The van der Waals surface area contributed by atoms with Crippen LogP contribution in [0.25, 0.3) is 0 Å². The molecule has 1 saturated heterocycles. The summed E-state index contributed by atoms with van der Waals surface area (Å²) in [7, 11) is 0. The van der Waals surface area contributed by atoms with Crippen molar-refractivity contribution >= 4 is 23.1 Å². The molecule has 0 radical (unpaired) electrons. The predicted octanol–water partition coefficient (Wildman–Crippen LogP) is 2.47. The summed E-state index contributed by atoms with van der Waals surface area (Å²) >= 11 is 3.83. The van der Waals surface area contributed by atoms with Crippen LogP contribution in [0.15, 0.2) is 11.4 Å². The zero-order chi connectivity index (χ0) is 11.9. The van der Waals surface area contributed by atoms with E-state index in [2.05, 4.69) is 23.3 Å². The summed E-state index contributed by atoms with van der Waals surface area (Å²) in [6.07, 6.45) is 2.36. The Balaban J connectivity index is 1.87. The quantitative estimate of drug-likeness (QED) is 0.855. The molecule has 1 fully saturated rings. The maximum absolute atomic E-state index is 5.40. The Hall–Kier alpha value is -0.470. The molecule has 0 spiro atoms. The molecular formula is C13H17NOS2. The van der Waals surface area contributed by atoms with Crippen molar-refractivity contribution in [2.24, 2.45) is 5.73 Å². The molecule has 1 aromatic heterocycles. The molecule has 0 amide bonds. The summed E-state index contributed by atoms with van der Waals surface area (Å²) in [6.45, 7) is 2.27.